The van der Waals surface area contributed by atoms with Gasteiger partial charge in [0.1, 0.15) is 5.82 Å². The molecule has 1 aliphatic heterocycles. The van der Waals surface area contributed by atoms with Gasteiger partial charge in [0.15, 0.2) is 0 Å². The van der Waals surface area contributed by atoms with Crippen LogP contribution in [-0.2, 0) is 6.42 Å². The maximum atomic E-state index is 5.57. The van der Waals surface area contributed by atoms with E-state index in [1.54, 1.807) is 0 Å². The first-order valence-electron chi connectivity index (χ1n) is 8.51. The van der Waals surface area contributed by atoms with Crippen LogP contribution in [0.2, 0.25) is 0 Å². The van der Waals surface area contributed by atoms with E-state index in [1.807, 2.05) is 17.8 Å². The number of rotatable bonds is 5. The Balaban J connectivity index is 1.73. The van der Waals surface area contributed by atoms with E-state index >= 15 is 0 Å². The highest BCUT2D eigenvalue weighted by Crippen LogP contribution is 2.22. The number of piperidine rings is 1. The van der Waals surface area contributed by atoms with Crippen molar-refractivity contribution in [3.8, 4) is 5.69 Å². The fourth-order valence-corrected chi connectivity index (χ4v) is 3.03. The first kappa shape index (κ1) is 15.9. The number of pyridine rings is 1. The Hall–Kier alpha value is -1.95. The summed E-state index contributed by atoms with van der Waals surface area (Å²) in [6.45, 7) is 7.24. The second kappa shape index (κ2) is 7.08. The van der Waals surface area contributed by atoms with Crippen molar-refractivity contribution in [3.63, 3.8) is 0 Å². The first-order chi connectivity index (χ1) is 11.2. The summed E-state index contributed by atoms with van der Waals surface area (Å²) in [6, 6.07) is 4.17. The Bertz CT molecular complexity index is 625. The van der Waals surface area contributed by atoms with Gasteiger partial charge in [-0.15, -0.1) is 5.10 Å². The second-order valence-electron chi connectivity index (χ2n) is 6.47. The standard InChI is InChI=1S/C17H26N6/c1-13-7-10-22(11-8-13)17-6-5-15(12-19-17)23-14(2)16(20-21-23)4-3-9-18/h5-6,12-13H,3-4,7-11,18H2,1-2H3. The van der Waals surface area contributed by atoms with E-state index in [9.17, 15) is 0 Å². The highest BCUT2D eigenvalue weighted by atomic mass is 15.4. The van der Waals surface area contributed by atoms with Gasteiger partial charge in [-0.3, -0.25) is 0 Å². The van der Waals surface area contributed by atoms with E-state index < -0.39 is 0 Å². The molecule has 2 aromatic rings. The summed E-state index contributed by atoms with van der Waals surface area (Å²) < 4.78 is 1.86. The molecule has 23 heavy (non-hydrogen) atoms. The van der Waals surface area contributed by atoms with Crippen molar-refractivity contribution in [2.24, 2.45) is 11.7 Å². The van der Waals surface area contributed by atoms with Gasteiger partial charge in [0.05, 0.1) is 23.3 Å². The van der Waals surface area contributed by atoms with Gasteiger partial charge in [-0.05, 0) is 57.2 Å². The molecule has 3 rings (SSSR count). The van der Waals surface area contributed by atoms with E-state index in [4.69, 9.17) is 5.73 Å². The topological polar surface area (TPSA) is 72.9 Å². The Labute approximate surface area is 137 Å². The molecule has 0 amide bonds. The molecule has 6 heteroatoms. The Morgan fingerprint density at radius 2 is 2.04 bits per heavy atom. The largest absolute Gasteiger partial charge is 0.357 e. The van der Waals surface area contributed by atoms with Gasteiger partial charge in [0.25, 0.3) is 0 Å². The number of aryl methyl sites for hydroxylation is 1. The van der Waals surface area contributed by atoms with Crippen LogP contribution in [0.5, 0.6) is 0 Å². The third kappa shape index (κ3) is 3.52. The lowest BCUT2D eigenvalue weighted by Gasteiger charge is -2.31. The molecular formula is C17H26N6. The number of nitrogens with zero attached hydrogens (tertiary/aromatic N) is 5. The molecule has 0 radical (unpaired) electrons. The van der Waals surface area contributed by atoms with E-state index in [2.05, 4.69) is 39.3 Å². The summed E-state index contributed by atoms with van der Waals surface area (Å²) in [7, 11) is 0. The van der Waals surface area contributed by atoms with Crippen molar-refractivity contribution in [1.82, 2.24) is 20.0 Å². The summed E-state index contributed by atoms with van der Waals surface area (Å²) in [5, 5.41) is 8.53. The number of anilines is 1. The molecule has 0 atom stereocenters. The van der Waals surface area contributed by atoms with Crippen LogP contribution in [0.25, 0.3) is 5.69 Å². The minimum absolute atomic E-state index is 0.678. The second-order valence-corrected chi connectivity index (χ2v) is 6.47. The van der Waals surface area contributed by atoms with Crippen LogP contribution in [-0.4, -0.2) is 39.6 Å². The van der Waals surface area contributed by atoms with E-state index in [1.165, 1.54) is 12.8 Å². The minimum Gasteiger partial charge on any atom is -0.357 e. The van der Waals surface area contributed by atoms with Gasteiger partial charge in [-0.25, -0.2) is 9.67 Å². The number of aromatic nitrogens is 4. The van der Waals surface area contributed by atoms with Crippen molar-refractivity contribution in [2.45, 2.75) is 39.5 Å². The van der Waals surface area contributed by atoms with Gasteiger partial charge >= 0.3 is 0 Å². The zero-order chi connectivity index (χ0) is 16.2. The molecule has 0 saturated carbocycles. The first-order valence-corrected chi connectivity index (χ1v) is 8.51. The molecule has 1 aliphatic rings. The van der Waals surface area contributed by atoms with Gasteiger partial charge in [-0.1, -0.05) is 12.1 Å². The van der Waals surface area contributed by atoms with Crippen LogP contribution >= 0.6 is 0 Å². The minimum atomic E-state index is 0.678. The monoisotopic (exact) mass is 314 g/mol. The molecule has 0 bridgehead atoms. The van der Waals surface area contributed by atoms with Crippen molar-refractivity contribution < 1.29 is 0 Å². The van der Waals surface area contributed by atoms with Crippen molar-refractivity contribution in [2.75, 3.05) is 24.5 Å². The van der Waals surface area contributed by atoms with Crippen LogP contribution in [0.1, 0.15) is 37.6 Å². The molecule has 1 fully saturated rings. The lowest BCUT2D eigenvalue weighted by molar-refractivity contribution is 0.436. The lowest BCUT2D eigenvalue weighted by Crippen LogP contribution is -2.33. The molecule has 6 nitrogen and oxygen atoms in total. The third-order valence-electron chi connectivity index (χ3n) is 4.69. The van der Waals surface area contributed by atoms with Crippen LogP contribution in [0.15, 0.2) is 18.3 Å². The van der Waals surface area contributed by atoms with E-state index in [0.29, 0.717) is 6.54 Å². The summed E-state index contributed by atoms with van der Waals surface area (Å²) in [5.74, 6) is 1.89. The third-order valence-corrected chi connectivity index (χ3v) is 4.69. The quantitative estimate of drug-likeness (QED) is 0.915. The van der Waals surface area contributed by atoms with Gasteiger partial charge in [0, 0.05) is 13.1 Å². The zero-order valence-electron chi connectivity index (χ0n) is 14.1. The van der Waals surface area contributed by atoms with Crippen molar-refractivity contribution in [1.29, 1.82) is 0 Å². The summed E-state index contributed by atoms with van der Waals surface area (Å²) in [6.07, 6.45) is 6.19. The fraction of sp³-hybridized carbons (Fsp3) is 0.588. The van der Waals surface area contributed by atoms with Crippen molar-refractivity contribution >= 4 is 5.82 Å². The number of hydrogen-bond acceptors (Lipinski definition) is 5. The number of hydrogen-bond donors (Lipinski definition) is 1. The molecule has 2 N–H and O–H groups in total. The van der Waals surface area contributed by atoms with Crippen LogP contribution in [0.3, 0.4) is 0 Å². The van der Waals surface area contributed by atoms with Crippen LogP contribution < -0.4 is 10.6 Å². The van der Waals surface area contributed by atoms with Crippen LogP contribution in [0.4, 0.5) is 5.82 Å². The molecule has 124 valence electrons. The molecule has 0 unspecified atom stereocenters. The number of nitrogens with two attached hydrogens (primary N) is 1. The Morgan fingerprint density at radius 3 is 2.70 bits per heavy atom. The van der Waals surface area contributed by atoms with Gasteiger partial charge in [-0.2, -0.15) is 0 Å². The summed E-state index contributed by atoms with van der Waals surface area (Å²) in [4.78, 5) is 7.00. The lowest BCUT2D eigenvalue weighted by atomic mass is 9.99. The normalized spacial score (nSPS) is 16.0. The maximum Gasteiger partial charge on any atom is 0.128 e. The molecular weight excluding hydrogens is 288 g/mol. The highest BCUT2D eigenvalue weighted by molar-refractivity contribution is 5.43. The van der Waals surface area contributed by atoms with E-state index in [-0.39, 0.29) is 0 Å². The molecule has 1 saturated heterocycles. The Morgan fingerprint density at radius 1 is 1.26 bits per heavy atom. The molecule has 2 aromatic heterocycles. The average Bonchev–Trinajstić information content (AvgIpc) is 2.95. The smallest absolute Gasteiger partial charge is 0.128 e. The molecule has 3 heterocycles. The van der Waals surface area contributed by atoms with Gasteiger partial charge < -0.3 is 10.6 Å². The summed E-state index contributed by atoms with van der Waals surface area (Å²) >= 11 is 0. The predicted molar refractivity (Wildman–Crippen MR) is 91.9 cm³/mol. The Kier molecular flexibility index (Phi) is 4.91. The van der Waals surface area contributed by atoms with Crippen molar-refractivity contribution in [3.05, 3.63) is 29.7 Å². The SMILES string of the molecule is Cc1c(CCCN)nnn1-c1ccc(N2CCC(C)CC2)nc1. The van der Waals surface area contributed by atoms with Crippen LogP contribution in [0, 0.1) is 12.8 Å². The highest BCUT2D eigenvalue weighted by Gasteiger charge is 2.17. The molecule has 0 spiro atoms. The fourth-order valence-electron chi connectivity index (χ4n) is 3.03. The maximum absolute atomic E-state index is 5.57. The summed E-state index contributed by atoms with van der Waals surface area (Å²) in [5.41, 5.74) is 8.62. The average molecular weight is 314 g/mol. The molecule has 0 aliphatic carbocycles. The van der Waals surface area contributed by atoms with Gasteiger partial charge in [0.2, 0.25) is 0 Å². The molecule has 0 aromatic carbocycles. The van der Waals surface area contributed by atoms with E-state index in [0.717, 1.165) is 54.7 Å². The zero-order valence-corrected chi connectivity index (χ0v) is 14.1. The predicted octanol–water partition coefficient (Wildman–Crippen LogP) is 2.10.